The SMILES string of the molecule is Cc1nn(C)c(Oc2ccccc2)c1C=NOCc1ccc(C2(C)CC2(Cl)Cl)cc1. The number of nitrogens with zero attached hydrogens (tertiary/aromatic N) is 3. The van der Waals surface area contributed by atoms with Crippen molar-refractivity contribution < 1.29 is 9.57 Å². The molecule has 1 fully saturated rings. The number of rotatable bonds is 7. The highest BCUT2D eigenvalue weighted by molar-refractivity contribution is 6.52. The minimum absolute atomic E-state index is 0.180. The van der Waals surface area contributed by atoms with Crippen molar-refractivity contribution in [1.29, 1.82) is 0 Å². The van der Waals surface area contributed by atoms with Crippen molar-refractivity contribution in [2.24, 2.45) is 12.2 Å². The number of oxime groups is 1. The van der Waals surface area contributed by atoms with Gasteiger partial charge in [-0.15, -0.1) is 23.2 Å². The smallest absolute Gasteiger partial charge is 0.226 e. The van der Waals surface area contributed by atoms with Gasteiger partial charge in [0.2, 0.25) is 5.88 Å². The lowest BCUT2D eigenvalue weighted by Crippen LogP contribution is -2.09. The second-order valence-electron chi connectivity index (χ2n) is 7.76. The first-order valence-corrected chi connectivity index (χ1v) is 10.4. The highest BCUT2D eigenvalue weighted by Gasteiger charge is 2.63. The molecule has 156 valence electrons. The normalized spacial score (nSPS) is 19.8. The molecule has 2 aromatic carbocycles. The van der Waals surface area contributed by atoms with Crippen molar-refractivity contribution in [2.45, 2.75) is 36.6 Å². The molecule has 3 aromatic rings. The Balaban J connectivity index is 1.39. The lowest BCUT2D eigenvalue weighted by atomic mass is 9.97. The molecule has 1 saturated carbocycles. The van der Waals surface area contributed by atoms with Gasteiger partial charge < -0.3 is 9.57 Å². The van der Waals surface area contributed by atoms with E-state index in [4.69, 9.17) is 32.8 Å². The van der Waals surface area contributed by atoms with E-state index >= 15 is 0 Å². The Morgan fingerprint density at radius 1 is 1.13 bits per heavy atom. The summed E-state index contributed by atoms with van der Waals surface area (Å²) >= 11 is 12.5. The van der Waals surface area contributed by atoms with E-state index in [2.05, 4.69) is 17.2 Å². The number of hydrogen-bond acceptors (Lipinski definition) is 4. The summed E-state index contributed by atoms with van der Waals surface area (Å²) in [5, 5.41) is 8.54. The van der Waals surface area contributed by atoms with E-state index in [1.807, 2.05) is 68.6 Å². The molecule has 1 aromatic heterocycles. The van der Waals surface area contributed by atoms with E-state index in [1.165, 1.54) is 0 Å². The fourth-order valence-corrected chi connectivity index (χ4v) is 4.16. The Kier molecular flexibility index (Phi) is 5.51. The van der Waals surface area contributed by atoms with Crippen LogP contribution in [0, 0.1) is 6.92 Å². The van der Waals surface area contributed by atoms with Gasteiger partial charge in [0.1, 0.15) is 16.7 Å². The number of benzene rings is 2. The van der Waals surface area contributed by atoms with Crippen molar-refractivity contribution >= 4 is 29.4 Å². The summed E-state index contributed by atoms with van der Waals surface area (Å²) in [6.45, 7) is 4.34. The Morgan fingerprint density at radius 2 is 1.80 bits per heavy atom. The molecule has 0 aliphatic heterocycles. The standard InChI is InChI=1S/C23H23Cl2N3O2/c1-16-20(21(28(3)27-16)30-19-7-5-4-6-8-19)13-26-29-14-17-9-11-18(12-10-17)22(2)15-23(22,24)25/h4-13H,14-15H2,1-3H3. The van der Waals surface area contributed by atoms with E-state index in [1.54, 1.807) is 10.9 Å². The summed E-state index contributed by atoms with van der Waals surface area (Å²) in [5.41, 5.74) is 3.55. The molecule has 1 atom stereocenters. The summed E-state index contributed by atoms with van der Waals surface area (Å²) < 4.78 is 7.00. The zero-order valence-electron chi connectivity index (χ0n) is 17.1. The minimum Gasteiger partial charge on any atom is -0.439 e. The molecule has 5 nitrogen and oxygen atoms in total. The average Bonchev–Trinajstić information content (AvgIpc) is 3.14. The van der Waals surface area contributed by atoms with Crippen LogP contribution in [0.1, 0.15) is 35.7 Å². The summed E-state index contributed by atoms with van der Waals surface area (Å²) in [7, 11) is 1.84. The van der Waals surface area contributed by atoms with Gasteiger partial charge in [0.15, 0.2) is 0 Å². The van der Waals surface area contributed by atoms with E-state index < -0.39 is 4.33 Å². The first-order chi connectivity index (χ1) is 14.3. The topological polar surface area (TPSA) is 48.6 Å². The van der Waals surface area contributed by atoms with Crippen LogP contribution in [0.25, 0.3) is 0 Å². The van der Waals surface area contributed by atoms with Crippen LogP contribution in [-0.4, -0.2) is 20.3 Å². The van der Waals surface area contributed by atoms with Gasteiger partial charge in [0.05, 0.1) is 17.5 Å². The Labute approximate surface area is 186 Å². The Morgan fingerprint density at radius 3 is 2.43 bits per heavy atom. The van der Waals surface area contributed by atoms with E-state index in [-0.39, 0.29) is 5.41 Å². The fourth-order valence-electron chi connectivity index (χ4n) is 3.41. The minimum atomic E-state index is -0.670. The lowest BCUT2D eigenvalue weighted by molar-refractivity contribution is 0.132. The maximum atomic E-state index is 6.27. The average molecular weight is 444 g/mol. The highest BCUT2D eigenvalue weighted by Crippen LogP contribution is 2.64. The predicted octanol–water partition coefficient (Wildman–Crippen LogP) is 5.91. The number of aryl methyl sites for hydroxylation is 2. The quantitative estimate of drug-likeness (QED) is 0.259. The van der Waals surface area contributed by atoms with Gasteiger partial charge in [-0.3, -0.25) is 0 Å². The van der Waals surface area contributed by atoms with Gasteiger partial charge >= 0.3 is 0 Å². The summed E-state index contributed by atoms with van der Waals surface area (Å²) in [5.74, 6) is 1.34. The number of hydrogen-bond donors (Lipinski definition) is 0. The van der Waals surface area contributed by atoms with Crippen LogP contribution < -0.4 is 4.74 Å². The molecule has 1 aliphatic rings. The van der Waals surface area contributed by atoms with Gasteiger partial charge in [-0.2, -0.15) is 5.10 Å². The number of para-hydroxylation sites is 1. The van der Waals surface area contributed by atoms with Crippen molar-refractivity contribution in [3.8, 4) is 11.6 Å². The maximum absolute atomic E-state index is 6.27. The predicted molar refractivity (Wildman–Crippen MR) is 120 cm³/mol. The first kappa shape index (κ1) is 20.8. The molecule has 1 aliphatic carbocycles. The molecule has 0 N–H and O–H groups in total. The molecule has 30 heavy (non-hydrogen) atoms. The van der Waals surface area contributed by atoms with Gasteiger partial charge in [-0.25, -0.2) is 4.68 Å². The molecule has 0 amide bonds. The molecule has 0 bridgehead atoms. The van der Waals surface area contributed by atoms with Crippen LogP contribution in [0.5, 0.6) is 11.6 Å². The van der Waals surface area contributed by atoms with Crippen LogP contribution in [0.3, 0.4) is 0 Å². The van der Waals surface area contributed by atoms with Gasteiger partial charge in [0.25, 0.3) is 0 Å². The highest BCUT2D eigenvalue weighted by atomic mass is 35.5. The van der Waals surface area contributed by atoms with Gasteiger partial charge in [0, 0.05) is 12.5 Å². The third-order valence-corrected chi connectivity index (χ3v) is 6.61. The van der Waals surface area contributed by atoms with Crippen LogP contribution in [0.15, 0.2) is 59.8 Å². The molecule has 0 radical (unpaired) electrons. The summed E-state index contributed by atoms with van der Waals surface area (Å²) in [6, 6.07) is 17.7. The number of halogens is 2. The molecular weight excluding hydrogens is 421 g/mol. The van der Waals surface area contributed by atoms with Gasteiger partial charge in [-0.1, -0.05) is 54.5 Å². The summed E-state index contributed by atoms with van der Waals surface area (Å²) in [6.07, 6.45) is 2.40. The zero-order valence-corrected chi connectivity index (χ0v) is 18.6. The zero-order chi connectivity index (χ0) is 21.4. The third-order valence-electron chi connectivity index (χ3n) is 5.51. The van der Waals surface area contributed by atoms with Gasteiger partial charge in [-0.05, 0) is 36.6 Å². The lowest BCUT2D eigenvalue weighted by Gasteiger charge is -2.12. The van der Waals surface area contributed by atoms with E-state index in [0.717, 1.165) is 34.6 Å². The monoisotopic (exact) mass is 443 g/mol. The third kappa shape index (κ3) is 4.05. The number of ether oxygens (including phenoxy) is 1. The van der Waals surface area contributed by atoms with Crippen LogP contribution in [0.4, 0.5) is 0 Å². The van der Waals surface area contributed by atoms with Crippen molar-refractivity contribution in [3.05, 3.63) is 77.0 Å². The molecule has 0 saturated heterocycles. The van der Waals surface area contributed by atoms with E-state index in [0.29, 0.717) is 12.5 Å². The second kappa shape index (κ2) is 7.97. The molecular formula is C23H23Cl2N3O2. The number of alkyl halides is 2. The van der Waals surface area contributed by atoms with Crippen LogP contribution >= 0.6 is 23.2 Å². The molecule has 0 spiro atoms. The van der Waals surface area contributed by atoms with Crippen molar-refractivity contribution in [2.75, 3.05) is 0 Å². The first-order valence-electron chi connectivity index (χ1n) is 9.69. The van der Waals surface area contributed by atoms with Crippen molar-refractivity contribution in [1.82, 2.24) is 9.78 Å². The van der Waals surface area contributed by atoms with E-state index in [9.17, 15) is 0 Å². The summed E-state index contributed by atoms with van der Waals surface area (Å²) in [4.78, 5) is 5.50. The fraction of sp³-hybridized carbons (Fsp3) is 0.304. The van der Waals surface area contributed by atoms with Crippen LogP contribution in [0.2, 0.25) is 0 Å². The van der Waals surface area contributed by atoms with Crippen molar-refractivity contribution in [3.63, 3.8) is 0 Å². The second-order valence-corrected chi connectivity index (χ2v) is 9.25. The van der Waals surface area contributed by atoms with Crippen LogP contribution in [-0.2, 0) is 23.9 Å². The largest absolute Gasteiger partial charge is 0.439 e. The Bertz CT molecular complexity index is 1060. The molecule has 7 heteroatoms. The maximum Gasteiger partial charge on any atom is 0.226 e. The molecule has 1 unspecified atom stereocenters. The number of aromatic nitrogens is 2. The molecule has 1 heterocycles. The molecule has 4 rings (SSSR count). The Hall–Kier alpha value is -2.50.